The predicted octanol–water partition coefficient (Wildman–Crippen LogP) is 3.18. The fourth-order valence-corrected chi connectivity index (χ4v) is 4.46. The van der Waals surface area contributed by atoms with Crippen LogP contribution < -0.4 is 16.2 Å². The fourth-order valence-electron chi connectivity index (χ4n) is 4.46. The van der Waals surface area contributed by atoms with Crippen LogP contribution in [0, 0.1) is 12.3 Å². The summed E-state index contributed by atoms with van der Waals surface area (Å²) in [5.41, 5.74) is 14.4. The largest absolute Gasteiger partial charge is 0.457 e. The quantitative estimate of drug-likeness (QED) is 0.445. The Bertz CT molecular complexity index is 1390. The second kappa shape index (κ2) is 7.44. The van der Waals surface area contributed by atoms with Crippen molar-refractivity contribution in [1.29, 1.82) is 0 Å². The zero-order valence-corrected chi connectivity index (χ0v) is 18.3. The maximum Gasteiger partial charge on any atom is 0.233 e. The number of carbonyl (C=O) groups is 2. The van der Waals surface area contributed by atoms with E-state index in [1.54, 1.807) is 10.9 Å². The van der Waals surface area contributed by atoms with Crippen LogP contribution in [-0.2, 0) is 16.6 Å². The van der Waals surface area contributed by atoms with Crippen molar-refractivity contribution in [3.63, 3.8) is 0 Å². The van der Waals surface area contributed by atoms with Crippen molar-refractivity contribution in [1.82, 2.24) is 14.8 Å². The van der Waals surface area contributed by atoms with Crippen LogP contribution in [0.5, 0.6) is 11.5 Å². The molecule has 4 N–H and O–H groups in total. The van der Waals surface area contributed by atoms with Gasteiger partial charge in [-0.15, -0.1) is 0 Å². The minimum atomic E-state index is -1.28. The first-order valence-corrected chi connectivity index (χ1v) is 10.6. The van der Waals surface area contributed by atoms with Crippen LogP contribution in [0.2, 0.25) is 0 Å². The summed E-state index contributed by atoms with van der Waals surface area (Å²) in [6.07, 6.45) is 5.86. The van der Waals surface area contributed by atoms with Crippen LogP contribution in [0.25, 0.3) is 22.0 Å². The Labute approximate surface area is 190 Å². The summed E-state index contributed by atoms with van der Waals surface area (Å²) in [7, 11) is 1.89. The second-order valence-corrected chi connectivity index (χ2v) is 8.52. The van der Waals surface area contributed by atoms with Gasteiger partial charge in [-0.1, -0.05) is 12.1 Å². The van der Waals surface area contributed by atoms with Crippen molar-refractivity contribution in [3.8, 4) is 22.6 Å². The lowest BCUT2D eigenvalue weighted by atomic mass is 9.97. The number of rotatable bonds is 6. The van der Waals surface area contributed by atoms with Gasteiger partial charge in [0, 0.05) is 36.3 Å². The molecule has 33 heavy (non-hydrogen) atoms. The highest BCUT2D eigenvalue weighted by atomic mass is 16.5. The van der Waals surface area contributed by atoms with E-state index >= 15 is 0 Å². The van der Waals surface area contributed by atoms with E-state index in [0.717, 1.165) is 33.2 Å². The maximum absolute atomic E-state index is 11.8. The van der Waals surface area contributed by atoms with Gasteiger partial charge in [0.2, 0.25) is 11.8 Å². The number of pyridine rings is 1. The van der Waals surface area contributed by atoms with Crippen LogP contribution in [0.1, 0.15) is 23.5 Å². The Kier molecular flexibility index (Phi) is 4.67. The third-order valence-corrected chi connectivity index (χ3v) is 6.41. The second-order valence-electron chi connectivity index (χ2n) is 8.52. The van der Waals surface area contributed by atoms with Gasteiger partial charge in [-0.3, -0.25) is 19.3 Å². The predicted molar refractivity (Wildman–Crippen MR) is 123 cm³/mol. The summed E-state index contributed by atoms with van der Waals surface area (Å²) in [6.45, 7) is 2.05. The van der Waals surface area contributed by atoms with Crippen LogP contribution in [-0.4, -0.2) is 26.6 Å². The summed E-state index contributed by atoms with van der Waals surface area (Å²) in [6, 6.07) is 13.2. The molecule has 1 unspecified atom stereocenters. The molecule has 0 spiro atoms. The van der Waals surface area contributed by atoms with E-state index in [1.165, 1.54) is 0 Å². The van der Waals surface area contributed by atoms with Crippen LogP contribution in [0.4, 0.5) is 0 Å². The number of benzene rings is 2. The van der Waals surface area contributed by atoms with Gasteiger partial charge in [0.25, 0.3) is 0 Å². The standard InChI is InChI=1S/C25H23N5O3/c1-14-9-19-21(10-18(14)16-12-29-30(2)13-16)28-8-7-22(19)33-17-5-3-15(4-6-17)20-11-25(20,23(26)31)24(27)32/h3-10,12-13,20H,11H2,1-2H3,(H2,26,31)(H2,27,32). The van der Waals surface area contributed by atoms with Crippen molar-refractivity contribution in [2.24, 2.45) is 23.9 Å². The summed E-state index contributed by atoms with van der Waals surface area (Å²) in [4.78, 5) is 28.1. The summed E-state index contributed by atoms with van der Waals surface area (Å²) in [5.74, 6) is -0.334. The number of primary amides is 2. The van der Waals surface area contributed by atoms with E-state index in [2.05, 4.69) is 16.1 Å². The van der Waals surface area contributed by atoms with E-state index in [0.29, 0.717) is 17.9 Å². The van der Waals surface area contributed by atoms with E-state index in [4.69, 9.17) is 16.2 Å². The Hall–Kier alpha value is -4.20. The van der Waals surface area contributed by atoms with Gasteiger partial charge >= 0.3 is 0 Å². The van der Waals surface area contributed by atoms with Gasteiger partial charge in [0.15, 0.2) is 0 Å². The Morgan fingerprint density at radius 1 is 1.12 bits per heavy atom. The Morgan fingerprint density at radius 3 is 2.45 bits per heavy atom. The molecule has 0 radical (unpaired) electrons. The maximum atomic E-state index is 11.8. The monoisotopic (exact) mass is 441 g/mol. The molecule has 1 fully saturated rings. The van der Waals surface area contributed by atoms with Crippen LogP contribution in [0.3, 0.4) is 0 Å². The third kappa shape index (κ3) is 3.40. The molecule has 1 aliphatic rings. The number of carbonyl (C=O) groups excluding carboxylic acids is 2. The van der Waals surface area contributed by atoms with Crippen molar-refractivity contribution in [2.75, 3.05) is 0 Å². The normalized spacial score (nSPS) is 16.5. The molecule has 166 valence electrons. The minimum Gasteiger partial charge on any atom is -0.457 e. The average Bonchev–Trinajstić information content (AvgIpc) is 3.42. The van der Waals surface area contributed by atoms with Crippen molar-refractivity contribution >= 4 is 22.7 Å². The highest BCUT2D eigenvalue weighted by molar-refractivity contribution is 6.08. The molecule has 4 aromatic rings. The topological polar surface area (TPSA) is 126 Å². The smallest absolute Gasteiger partial charge is 0.233 e. The summed E-state index contributed by atoms with van der Waals surface area (Å²) < 4.78 is 7.93. The molecule has 2 heterocycles. The lowest BCUT2D eigenvalue weighted by molar-refractivity contribution is -0.133. The minimum absolute atomic E-state index is 0.295. The molecule has 5 rings (SSSR count). The molecule has 2 amide bonds. The first-order valence-electron chi connectivity index (χ1n) is 10.6. The third-order valence-electron chi connectivity index (χ3n) is 6.41. The molecular weight excluding hydrogens is 418 g/mol. The molecule has 0 saturated heterocycles. The average molecular weight is 441 g/mol. The van der Waals surface area contributed by atoms with Crippen molar-refractivity contribution in [2.45, 2.75) is 19.3 Å². The Balaban J connectivity index is 1.42. The highest BCUT2D eigenvalue weighted by Crippen LogP contribution is 2.59. The number of hydrogen-bond acceptors (Lipinski definition) is 5. The molecule has 0 aliphatic heterocycles. The van der Waals surface area contributed by atoms with E-state index < -0.39 is 17.2 Å². The number of nitrogens with zero attached hydrogens (tertiary/aromatic N) is 3. The molecule has 1 saturated carbocycles. The number of aryl methyl sites for hydroxylation is 2. The van der Waals surface area contributed by atoms with Gasteiger partial charge in [0.1, 0.15) is 16.9 Å². The Morgan fingerprint density at radius 2 is 1.85 bits per heavy atom. The molecule has 0 bridgehead atoms. The van der Waals surface area contributed by atoms with Crippen molar-refractivity contribution < 1.29 is 14.3 Å². The van der Waals surface area contributed by atoms with Gasteiger partial charge in [-0.05, 0) is 60.4 Å². The van der Waals surface area contributed by atoms with Gasteiger partial charge in [-0.2, -0.15) is 5.10 Å². The van der Waals surface area contributed by atoms with E-state index in [-0.39, 0.29) is 5.92 Å². The zero-order valence-electron chi connectivity index (χ0n) is 18.3. The SMILES string of the molecule is Cc1cc2c(Oc3ccc(C4CC4(C(N)=O)C(N)=O)cc3)ccnc2cc1-c1cnn(C)c1. The van der Waals surface area contributed by atoms with Crippen molar-refractivity contribution in [3.05, 3.63) is 72.2 Å². The molecule has 8 heteroatoms. The van der Waals surface area contributed by atoms with Gasteiger partial charge < -0.3 is 16.2 Å². The van der Waals surface area contributed by atoms with E-state index in [1.807, 2.05) is 62.8 Å². The zero-order chi connectivity index (χ0) is 23.3. The highest BCUT2D eigenvalue weighted by Gasteiger charge is 2.64. The number of fused-ring (bicyclic) bond motifs is 1. The molecule has 1 atom stereocenters. The number of aromatic nitrogens is 3. The lowest BCUT2D eigenvalue weighted by Crippen LogP contribution is -2.38. The first-order chi connectivity index (χ1) is 15.8. The molecule has 1 aliphatic carbocycles. The number of amides is 2. The number of hydrogen-bond donors (Lipinski definition) is 2. The summed E-state index contributed by atoms with van der Waals surface area (Å²) in [5, 5.41) is 5.16. The number of nitrogens with two attached hydrogens (primary N) is 2. The van der Waals surface area contributed by atoms with Gasteiger partial charge in [0.05, 0.1) is 11.7 Å². The van der Waals surface area contributed by atoms with Crippen LogP contribution >= 0.6 is 0 Å². The van der Waals surface area contributed by atoms with Crippen LogP contribution in [0.15, 0.2) is 61.1 Å². The molecule has 2 aromatic heterocycles. The lowest BCUT2D eigenvalue weighted by Gasteiger charge is -2.12. The first kappa shape index (κ1) is 20.7. The van der Waals surface area contributed by atoms with E-state index in [9.17, 15) is 9.59 Å². The molecule has 2 aromatic carbocycles. The molecular formula is C25H23N5O3. The number of ether oxygens (including phenoxy) is 1. The van der Waals surface area contributed by atoms with Gasteiger partial charge in [-0.25, -0.2) is 0 Å². The molecule has 8 nitrogen and oxygen atoms in total. The summed E-state index contributed by atoms with van der Waals surface area (Å²) >= 11 is 0. The fraction of sp³-hybridized carbons (Fsp3) is 0.200.